The highest BCUT2D eigenvalue weighted by Crippen LogP contribution is 2.31. The van der Waals surface area contributed by atoms with Crippen molar-refractivity contribution in [2.75, 3.05) is 19.0 Å². The van der Waals surface area contributed by atoms with E-state index in [2.05, 4.69) is 5.32 Å². The normalized spacial score (nSPS) is 19.9. The Hall–Kier alpha value is -2.37. The van der Waals surface area contributed by atoms with E-state index < -0.39 is 6.10 Å². The first-order chi connectivity index (χ1) is 11.7. The SMILES string of the molecule is COc1ccccc1-c1cccc(NC(=O)[C@@H]2CC[C@H](CN)O2)c1. The fraction of sp³-hybridized carbons (Fsp3) is 0.316. The van der Waals surface area contributed by atoms with Crippen LogP contribution in [-0.2, 0) is 9.53 Å². The zero-order valence-electron chi connectivity index (χ0n) is 13.7. The lowest BCUT2D eigenvalue weighted by Gasteiger charge is -2.14. The highest BCUT2D eigenvalue weighted by Gasteiger charge is 2.29. The Morgan fingerprint density at radius 2 is 2.08 bits per heavy atom. The summed E-state index contributed by atoms with van der Waals surface area (Å²) in [5.41, 5.74) is 8.30. The summed E-state index contributed by atoms with van der Waals surface area (Å²) in [5, 5.41) is 2.93. The van der Waals surface area contributed by atoms with E-state index in [9.17, 15) is 4.79 Å². The molecule has 126 valence electrons. The van der Waals surface area contributed by atoms with Crippen molar-refractivity contribution >= 4 is 11.6 Å². The second-order valence-electron chi connectivity index (χ2n) is 5.83. The third-order valence-electron chi connectivity index (χ3n) is 4.21. The summed E-state index contributed by atoms with van der Waals surface area (Å²) in [6.07, 6.45) is 1.10. The monoisotopic (exact) mass is 326 g/mol. The molecule has 0 radical (unpaired) electrons. The quantitative estimate of drug-likeness (QED) is 0.886. The average molecular weight is 326 g/mol. The van der Waals surface area contributed by atoms with Crippen LogP contribution in [0, 0.1) is 0 Å². The van der Waals surface area contributed by atoms with Gasteiger partial charge in [-0.3, -0.25) is 4.79 Å². The van der Waals surface area contributed by atoms with Crippen molar-refractivity contribution in [1.29, 1.82) is 0 Å². The van der Waals surface area contributed by atoms with Crippen LogP contribution in [0.15, 0.2) is 48.5 Å². The Morgan fingerprint density at radius 3 is 2.83 bits per heavy atom. The molecule has 0 bridgehead atoms. The van der Waals surface area contributed by atoms with Gasteiger partial charge in [0.15, 0.2) is 0 Å². The fourth-order valence-corrected chi connectivity index (χ4v) is 2.94. The zero-order chi connectivity index (χ0) is 16.9. The molecule has 0 aromatic heterocycles. The minimum absolute atomic E-state index is 0.0133. The number of benzene rings is 2. The number of hydrogen-bond acceptors (Lipinski definition) is 4. The fourth-order valence-electron chi connectivity index (χ4n) is 2.94. The first kappa shape index (κ1) is 16.5. The maximum absolute atomic E-state index is 12.3. The molecule has 2 aromatic rings. The minimum atomic E-state index is -0.423. The molecule has 1 aliphatic rings. The predicted octanol–water partition coefficient (Wildman–Crippen LogP) is 2.81. The van der Waals surface area contributed by atoms with Crippen molar-refractivity contribution in [3.63, 3.8) is 0 Å². The summed E-state index contributed by atoms with van der Waals surface area (Å²) in [4.78, 5) is 12.3. The van der Waals surface area contributed by atoms with Gasteiger partial charge in [0.25, 0.3) is 5.91 Å². The Labute approximate surface area is 141 Å². The van der Waals surface area contributed by atoms with Crippen molar-refractivity contribution in [2.24, 2.45) is 5.73 Å². The Morgan fingerprint density at radius 1 is 1.25 bits per heavy atom. The first-order valence-corrected chi connectivity index (χ1v) is 8.11. The summed E-state index contributed by atoms with van der Waals surface area (Å²) in [5.74, 6) is 0.675. The molecular weight excluding hydrogens is 304 g/mol. The van der Waals surface area contributed by atoms with Crippen LogP contribution >= 0.6 is 0 Å². The standard InChI is InChI=1S/C19H22N2O3/c1-23-17-8-3-2-7-16(17)13-5-4-6-14(11-13)21-19(22)18-10-9-15(12-20)24-18/h2-8,11,15,18H,9-10,12,20H2,1H3,(H,21,22)/t15-,18+/m1/s1. The van der Waals surface area contributed by atoms with Gasteiger partial charge in [-0.05, 0) is 36.6 Å². The second-order valence-corrected chi connectivity index (χ2v) is 5.83. The smallest absolute Gasteiger partial charge is 0.253 e. The zero-order valence-corrected chi connectivity index (χ0v) is 13.7. The number of carbonyl (C=O) groups excluding carboxylic acids is 1. The van der Waals surface area contributed by atoms with Crippen LogP contribution in [0.4, 0.5) is 5.69 Å². The molecule has 0 aliphatic carbocycles. The van der Waals surface area contributed by atoms with Crippen LogP contribution in [0.1, 0.15) is 12.8 Å². The molecule has 24 heavy (non-hydrogen) atoms. The maximum atomic E-state index is 12.3. The van der Waals surface area contributed by atoms with Gasteiger partial charge in [0, 0.05) is 17.8 Å². The highest BCUT2D eigenvalue weighted by molar-refractivity contribution is 5.95. The van der Waals surface area contributed by atoms with Gasteiger partial charge in [-0.2, -0.15) is 0 Å². The van der Waals surface area contributed by atoms with Crippen LogP contribution in [0.2, 0.25) is 0 Å². The van der Waals surface area contributed by atoms with Crippen molar-refractivity contribution in [3.05, 3.63) is 48.5 Å². The van der Waals surface area contributed by atoms with Gasteiger partial charge in [0.05, 0.1) is 13.2 Å². The molecule has 2 aromatic carbocycles. The highest BCUT2D eigenvalue weighted by atomic mass is 16.5. The summed E-state index contributed by atoms with van der Waals surface area (Å²) in [6.45, 7) is 0.451. The number of nitrogens with two attached hydrogens (primary N) is 1. The molecule has 1 amide bonds. The number of para-hydroxylation sites is 1. The number of amides is 1. The first-order valence-electron chi connectivity index (χ1n) is 8.11. The summed E-state index contributed by atoms with van der Waals surface area (Å²) in [7, 11) is 1.65. The Bertz CT molecular complexity index is 717. The van der Waals surface area contributed by atoms with Gasteiger partial charge in [-0.1, -0.05) is 30.3 Å². The van der Waals surface area contributed by atoms with E-state index >= 15 is 0 Å². The molecule has 2 atom stereocenters. The number of rotatable bonds is 5. The van der Waals surface area contributed by atoms with Crippen molar-refractivity contribution in [3.8, 4) is 16.9 Å². The molecule has 3 N–H and O–H groups in total. The Kier molecular flexibility index (Phi) is 5.13. The van der Waals surface area contributed by atoms with Crippen molar-refractivity contribution < 1.29 is 14.3 Å². The van der Waals surface area contributed by atoms with Crippen LogP contribution in [0.5, 0.6) is 5.75 Å². The van der Waals surface area contributed by atoms with Crippen molar-refractivity contribution in [1.82, 2.24) is 0 Å². The van der Waals surface area contributed by atoms with Gasteiger partial charge in [-0.25, -0.2) is 0 Å². The molecule has 3 rings (SSSR count). The number of hydrogen-bond donors (Lipinski definition) is 2. The summed E-state index contributed by atoms with van der Waals surface area (Å²) < 4.78 is 11.0. The molecule has 5 nitrogen and oxygen atoms in total. The number of carbonyl (C=O) groups is 1. The molecule has 0 unspecified atom stereocenters. The van der Waals surface area contributed by atoms with E-state index in [1.165, 1.54) is 0 Å². The summed E-state index contributed by atoms with van der Waals surface area (Å²) in [6, 6.07) is 15.5. The molecule has 1 aliphatic heterocycles. The number of ether oxygens (including phenoxy) is 2. The second kappa shape index (κ2) is 7.47. The molecule has 5 heteroatoms. The van der Waals surface area contributed by atoms with Gasteiger partial charge < -0.3 is 20.5 Å². The molecule has 1 saturated heterocycles. The van der Waals surface area contributed by atoms with E-state index in [0.717, 1.165) is 29.0 Å². The van der Waals surface area contributed by atoms with E-state index in [4.69, 9.17) is 15.2 Å². The maximum Gasteiger partial charge on any atom is 0.253 e. The molecule has 1 heterocycles. The van der Waals surface area contributed by atoms with Gasteiger partial charge in [0.2, 0.25) is 0 Å². The van der Waals surface area contributed by atoms with E-state index in [1.54, 1.807) is 7.11 Å². The Balaban J connectivity index is 1.75. The van der Waals surface area contributed by atoms with Gasteiger partial charge >= 0.3 is 0 Å². The van der Waals surface area contributed by atoms with E-state index in [0.29, 0.717) is 13.0 Å². The molecule has 0 spiro atoms. The lowest BCUT2D eigenvalue weighted by molar-refractivity contribution is -0.126. The largest absolute Gasteiger partial charge is 0.496 e. The van der Waals surface area contributed by atoms with Crippen molar-refractivity contribution in [2.45, 2.75) is 25.0 Å². The number of anilines is 1. The predicted molar refractivity (Wildman–Crippen MR) is 94.0 cm³/mol. The lowest BCUT2D eigenvalue weighted by atomic mass is 10.0. The third kappa shape index (κ3) is 3.58. The van der Waals surface area contributed by atoms with Crippen LogP contribution in [-0.4, -0.2) is 31.8 Å². The third-order valence-corrected chi connectivity index (χ3v) is 4.21. The van der Waals surface area contributed by atoms with E-state index in [1.807, 2.05) is 48.5 Å². The van der Waals surface area contributed by atoms with Crippen LogP contribution in [0.25, 0.3) is 11.1 Å². The molecular formula is C19H22N2O3. The summed E-state index contributed by atoms with van der Waals surface area (Å²) >= 11 is 0. The van der Waals surface area contributed by atoms with E-state index in [-0.39, 0.29) is 12.0 Å². The lowest BCUT2D eigenvalue weighted by Crippen LogP contribution is -2.29. The molecule has 1 fully saturated rings. The van der Waals surface area contributed by atoms with Gasteiger partial charge in [0.1, 0.15) is 11.9 Å². The van der Waals surface area contributed by atoms with Crippen LogP contribution in [0.3, 0.4) is 0 Å². The minimum Gasteiger partial charge on any atom is -0.496 e. The number of methoxy groups -OCH3 is 1. The topological polar surface area (TPSA) is 73.6 Å². The van der Waals surface area contributed by atoms with Crippen LogP contribution < -0.4 is 15.8 Å². The average Bonchev–Trinajstić information content (AvgIpc) is 3.11. The number of nitrogens with one attached hydrogen (secondary N) is 1. The van der Waals surface area contributed by atoms with Gasteiger partial charge in [-0.15, -0.1) is 0 Å². The molecule has 0 saturated carbocycles.